The van der Waals surface area contributed by atoms with Crippen LogP contribution in [0.25, 0.3) is 0 Å². The largest absolute Gasteiger partial charge is 0.469 e. The normalized spacial score (nSPS) is 22.7. The molecule has 1 aromatic rings. The first kappa shape index (κ1) is 13.5. The van der Waals surface area contributed by atoms with Crippen LogP contribution in [0.4, 0.5) is 0 Å². The number of pyridine rings is 1. The fraction of sp³-hybridized carbons (Fsp3) is 0.500. The highest BCUT2D eigenvalue weighted by molar-refractivity contribution is 5.77. The zero-order chi connectivity index (χ0) is 13.7. The van der Waals surface area contributed by atoms with E-state index in [9.17, 15) is 9.59 Å². The number of esters is 1. The zero-order valence-electron chi connectivity index (χ0n) is 11.0. The number of methoxy groups -OCH3 is 1. The summed E-state index contributed by atoms with van der Waals surface area (Å²) in [6.45, 7) is 0.562. The highest BCUT2D eigenvalue weighted by atomic mass is 16.5. The molecule has 1 N–H and O–H groups in total. The Hall–Kier alpha value is -1.91. The van der Waals surface area contributed by atoms with Crippen molar-refractivity contribution in [2.45, 2.75) is 31.1 Å². The molecule has 1 aromatic heterocycles. The van der Waals surface area contributed by atoms with Gasteiger partial charge in [0, 0.05) is 37.2 Å². The Balaban J connectivity index is 2.18. The van der Waals surface area contributed by atoms with E-state index < -0.39 is 0 Å². The predicted molar refractivity (Wildman–Crippen MR) is 69.4 cm³/mol. The molecule has 1 aliphatic heterocycles. The second-order valence-electron chi connectivity index (χ2n) is 4.87. The van der Waals surface area contributed by atoms with Crippen molar-refractivity contribution in [2.75, 3.05) is 13.7 Å². The Morgan fingerprint density at radius 3 is 2.79 bits per heavy atom. The first-order valence-electron chi connectivity index (χ1n) is 6.40. The Kier molecular flexibility index (Phi) is 4.14. The zero-order valence-corrected chi connectivity index (χ0v) is 11.0. The predicted octanol–water partition coefficient (Wildman–Crippen LogP) is 1.18. The van der Waals surface area contributed by atoms with Gasteiger partial charge >= 0.3 is 5.97 Å². The van der Waals surface area contributed by atoms with E-state index in [4.69, 9.17) is 4.74 Å². The molecule has 1 atom stereocenters. The topological polar surface area (TPSA) is 68.3 Å². The summed E-state index contributed by atoms with van der Waals surface area (Å²) in [5, 5.41) is 2.90. The number of hydrogen-bond acceptors (Lipinski definition) is 4. The monoisotopic (exact) mass is 262 g/mol. The van der Waals surface area contributed by atoms with Crippen LogP contribution in [0, 0.1) is 0 Å². The lowest BCUT2D eigenvalue weighted by Crippen LogP contribution is -2.46. The second-order valence-corrected chi connectivity index (χ2v) is 4.87. The Morgan fingerprint density at radius 2 is 2.21 bits per heavy atom. The van der Waals surface area contributed by atoms with E-state index in [1.807, 2.05) is 12.1 Å². The van der Waals surface area contributed by atoms with Gasteiger partial charge in [-0.1, -0.05) is 0 Å². The molecule has 19 heavy (non-hydrogen) atoms. The van der Waals surface area contributed by atoms with Crippen LogP contribution in [0.2, 0.25) is 0 Å². The Labute approximate surface area is 112 Å². The van der Waals surface area contributed by atoms with Crippen LogP contribution in [0.1, 0.15) is 31.2 Å². The minimum atomic E-state index is -0.217. The molecule has 1 fully saturated rings. The molecule has 0 saturated carbocycles. The fourth-order valence-electron chi connectivity index (χ4n) is 2.55. The van der Waals surface area contributed by atoms with Crippen molar-refractivity contribution in [3.8, 4) is 0 Å². The molecule has 0 radical (unpaired) electrons. The number of carbonyl (C=O) groups excluding carboxylic acids is 2. The summed E-state index contributed by atoms with van der Waals surface area (Å²) < 4.78 is 4.70. The first-order chi connectivity index (χ1) is 9.16. The summed E-state index contributed by atoms with van der Waals surface area (Å²) in [5.41, 5.74) is 0.928. The fourth-order valence-corrected chi connectivity index (χ4v) is 2.55. The molecule has 0 spiro atoms. The third-order valence-electron chi connectivity index (χ3n) is 3.78. The van der Waals surface area contributed by atoms with Crippen molar-refractivity contribution in [1.29, 1.82) is 0 Å². The smallest absolute Gasteiger partial charge is 0.305 e. The number of carbonyl (C=O) groups is 2. The molecule has 1 unspecified atom stereocenters. The van der Waals surface area contributed by atoms with Crippen LogP contribution in [0.15, 0.2) is 24.5 Å². The summed E-state index contributed by atoms with van der Waals surface area (Å²) in [7, 11) is 1.39. The van der Waals surface area contributed by atoms with Crippen molar-refractivity contribution >= 4 is 11.9 Å². The highest BCUT2D eigenvalue weighted by Crippen LogP contribution is 2.35. The maximum atomic E-state index is 11.4. The SMILES string of the molecule is COC(=O)CCC1(c2ccncc2)CCC(=O)NC1. The van der Waals surface area contributed by atoms with Gasteiger partial charge in [-0.3, -0.25) is 14.6 Å². The average Bonchev–Trinajstić information content (AvgIpc) is 2.47. The van der Waals surface area contributed by atoms with Gasteiger partial charge < -0.3 is 10.1 Å². The van der Waals surface area contributed by atoms with E-state index in [0.29, 0.717) is 25.8 Å². The van der Waals surface area contributed by atoms with E-state index in [0.717, 1.165) is 12.0 Å². The number of nitrogens with one attached hydrogen (secondary N) is 1. The lowest BCUT2D eigenvalue weighted by atomic mass is 9.72. The molecule has 1 saturated heterocycles. The van der Waals surface area contributed by atoms with E-state index in [2.05, 4.69) is 10.3 Å². The van der Waals surface area contributed by atoms with Crippen molar-refractivity contribution < 1.29 is 14.3 Å². The van der Waals surface area contributed by atoms with Crippen LogP contribution in [-0.4, -0.2) is 30.5 Å². The molecule has 102 valence electrons. The Bertz CT molecular complexity index is 449. The van der Waals surface area contributed by atoms with Gasteiger partial charge in [0.1, 0.15) is 0 Å². The van der Waals surface area contributed by atoms with Gasteiger partial charge in [0.25, 0.3) is 0 Å². The van der Waals surface area contributed by atoms with Crippen molar-refractivity contribution in [3.63, 3.8) is 0 Å². The van der Waals surface area contributed by atoms with E-state index in [-0.39, 0.29) is 17.3 Å². The summed E-state index contributed by atoms with van der Waals surface area (Å²) in [6, 6.07) is 3.91. The van der Waals surface area contributed by atoms with E-state index in [1.165, 1.54) is 7.11 Å². The third-order valence-corrected chi connectivity index (χ3v) is 3.78. The molecule has 2 rings (SSSR count). The van der Waals surface area contributed by atoms with Crippen molar-refractivity contribution in [1.82, 2.24) is 10.3 Å². The van der Waals surface area contributed by atoms with E-state index in [1.54, 1.807) is 12.4 Å². The van der Waals surface area contributed by atoms with E-state index >= 15 is 0 Å². The quantitative estimate of drug-likeness (QED) is 0.827. The molecule has 2 heterocycles. The van der Waals surface area contributed by atoms with Crippen LogP contribution in [-0.2, 0) is 19.7 Å². The summed E-state index contributed by atoms with van der Waals surface area (Å²) in [5.74, 6) is -0.145. The number of hydrogen-bond donors (Lipinski definition) is 1. The molecule has 1 amide bonds. The minimum Gasteiger partial charge on any atom is -0.469 e. The van der Waals surface area contributed by atoms with Gasteiger partial charge in [-0.25, -0.2) is 0 Å². The molecule has 0 aromatic carbocycles. The van der Waals surface area contributed by atoms with Gasteiger partial charge in [0.05, 0.1) is 7.11 Å². The van der Waals surface area contributed by atoms with Crippen LogP contribution in [0.5, 0.6) is 0 Å². The number of piperidine rings is 1. The molecular formula is C14H18N2O3. The molecule has 5 nitrogen and oxygen atoms in total. The van der Waals surface area contributed by atoms with Crippen molar-refractivity contribution in [2.24, 2.45) is 0 Å². The lowest BCUT2D eigenvalue weighted by Gasteiger charge is -2.37. The molecular weight excluding hydrogens is 244 g/mol. The second kappa shape index (κ2) is 5.82. The minimum absolute atomic E-state index is 0.0720. The van der Waals surface area contributed by atoms with Gasteiger partial charge in [0.2, 0.25) is 5.91 Å². The number of rotatable bonds is 4. The number of amides is 1. The Morgan fingerprint density at radius 1 is 1.47 bits per heavy atom. The first-order valence-corrected chi connectivity index (χ1v) is 6.40. The van der Waals surface area contributed by atoms with Crippen LogP contribution in [0.3, 0.4) is 0 Å². The van der Waals surface area contributed by atoms with Crippen LogP contribution >= 0.6 is 0 Å². The standard InChI is InChI=1S/C14H18N2O3/c1-19-13(18)3-7-14(6-2-12(17)16-10-14)11-4-8-15-9-5-11/h4-5,8-9H,2-3,6-7,10H2,1H3,(H,16,17). The molecule has 1 aliphatic rings. The number of ether oxygens (including phenoxy) is 1. The molecule has 0 aliphatic carbocycles. The van der Waals surface area contributed by atoms with Crippen LogP contribution < -0.4 is 5.32 Å². The van der Waals surface area contributed by atoms with Gasteiger partial charge in [-0.05, 0) is 30.5 Å². The summed E-state index contributed by atoms with van der Waals surface area (Å²) in [4.78, 5) is 26.8. The summed E-state index contributed by atoms with van der Waals surface area (Å²) in [6.07, 6.45) is 5.75. The van der Waals surface area contributed by atoms with Gasteiger partial charge in [-0.2, -0.15) is 0 Å². The highest BCUT2D eigenvalue weighted by Gasteiger charge is 2.36. The van der Waals surface area contributed by atoms with Gasteiger partial charge in [-0.15, -0.1) is 0 Å². The lowest BCUT2D eigenvalue weighted by molar-refractivity contribution is -0.141. The number of nitrogens with zero attached hydrogens (tertiary/aromatic N) is 1. The maximum Gasteiger partial charge on any atom is 0.305 e. The van der Waals surface area contributed by atoms with Gasteiger partial charge in [0.15, 0.2) is 0 Å². The maximum absolute atomic E-state index is 11.4. The van der Waals surface area contributed by atoms with Crippen molar-refractivity contribution in [3.05, 3.63) is 30.1 Å². The third kappa shape index (κ3) is 3.10. The summed E-state index contributed by atoms with van der Waals surface area (Å²) >= 11 is 0. The average molecular weight is 262 g/mol. The molecule has 5 heteroatoms. The number of aromatic nitrogens is 1. The molecule has 0 bridgehead atoms.